The van der Waals surface area contributed by atoms with Crippen LogP contribution < -0.4 is 10.9 Å². The second-order valence-corrected chi connectivity index (χ2v) is 10.7. The second-order valence-electron chi connectivity index (χ2n) is 8.67. The molecule has 1 aliphatic carbocycles. The van der Waals surface area contributed by atoms with Crippen LogP contribution in [0.5, 0.6) is 0 Å². The number of hydrogen-bond donors (Lipinski definition) is 2. The molecule has 0 bridgehead atoms. The van der Waals surface area contributed by atoms with Crippen molar-refractivity contribution in [1.82, 2.24) is 20.7 Å². The third-order valence-corrected chi connectivity index (χ3v) is 7.62. The molecule has 1 saturated heterocycles. The Labute approximate surface area is 176 Å². The fourth-order valence-corrected chi connectivity index (χ4v) is 5.52. The summed E-state index contributed by atoms with van der Waals surface area (Å²) in [5.41, 5.74) is 10.1. The van der Waals surface area contributed by atoms with E-state index >= 15 is 0 Å². The first-order valence-electron chi connectivity index (χ1n) is 10.5. The zero-order valence-electron chi connectivity index (χ0n) is 17.2. The second kappa shape index (κ2) is 7.14. The van der Waals surface area contributed by atoms with Crippen molar-refractivity contribution in [3.8, 4) is 11.1 Å². The van der Waals surface area contributed by atoms with Gasteiger partial charge in [0.1, 0.15) is 0 Å². The van der Waals surface area contributed by atoms with Crippen molar-refractivity contribution < 1.29 is 13.2 Å². The number of rotatable bonds is 5. The van der Waals surface area contributed by atoms with Gasteiger partial charge in [0.05, 0.1) is 22.2 Å². The lowest BCUT2D eigenvalue weighted by Gasteiger charge is -2.24. The van der Waals surface area contributed by atoms with Crippen molar-refractivity contribution in [2.75, 3.05) is 12.8 Å². The monoisotopic (exact) mass is 426 g/mol. The van der Waals surface area contributed by atoms with E-state index in [9.17, 15) is 13.2 Å². The number of hydrazine groups is 1. The minimum atomic E-state index is -3.56. The molecular weight excluding hydrogens is 400 g/mol. The number of carbonyl (C=O) groups excluding carboxylic acids is 1. The number of sulfone groups is 1. The Morgan fingerprint density at radius 3 is 2.63 bits per heavy atom. The molecule has 2 atom stereocenters. The molecule has 1 amide bonds. The molecule has 1 saturated carbocycles. The molecule has 7 nitrogen and oxygen atoms in total. The summed E-state index contributed by atoms with van der Waals surface area (Å²) >= 11 is 0. The lowest BCUT2D eigenvalue weighted by molar-refractivity contribution is 0.0694. The zero-order chi connectivity index (χ0) is 21.0. The summed E-state index contributed by atoms with van der Waals surface area (Å²) in [5.74, 6) is 0.368. The van der Waals surface area contributed by atoms with E-state index in [1.807, 2.05) is 23.1 Å². The van der Waals surface area contributed by atoms with Crippen LogP contribution in [0, 0.1) is 5.92 Å². The van der Waals surface area contributed by atoms with Gasteiger partial charge in [-0.3, -0.25) is 15.2 Å². The third-order valence-electron chi connectivity index (χ3n) is 6.50. The van der Waals surface area contributed by atoms with Crippen LogP contribution in [0.3, 0.4) is 0 Å². The molecule has 2 N–H and O–H groups in total. The van der Waals surface area contributed by atoms with Crippen LogP contribution in [-0.4, -0.2) is 43.1 Å². The zero-order valence-corrected chi connectivity index (χ0v) is 18.0. The fourth-order valence-electron chi connectivity index (χ4n) is 4.59. The molecule has 158 valence electrons. The molecule has 8 heteroatoms. The molecule has 2 aromatic rings. The quantitative estimate of drug-likeness (QED) is 0.763. The Kier molecular flexibility index (Phi) is 4.68. The molecule has 0 spiro atoms. The molecule has 0 radical (unpaired) electrons. The van der Waals surface area contributed by atoms with Crippen LogP contribution in [0.15, 0.2) is 35.4 Å². The number of fused-ring (bicyclic) bond motifs is 1. The summed E-state index contributed by atoms with van der Waals surface area (Å²) < 4.78 is 25.2. The Morgan fingerprint density at radius 2 is 1.97 bits per heavy atom. The van der Waals surface area contributed by atoms with Crippen LogP contribution >= 0.6 is 0 Å². The number of carbonyl (C=O) groups is 1. The van der Waals surface area contributed by atoms with Gasteiger partial charge in [-0.15, -0.1) is 0 Å². The van der Waals surface area contributed by atoms with E-state index in [0.717, 1.165) is 48.2 Å². The van der Waals surface area contributed by atoms with E-state index in [1.54, 1.807) is 12.3 Å². The van der Waals surface area contributed by atoms with Gasteiger partial charge in [-0.2, -0.15) is 0 Å². The van der Waals surface area contributed by atoms with Crippen molar-refractivity contribution in [2.24, 2.45) is 5.92 Å². The van der Waals surface area contributed by atoms with Gasteiger partial charge in [0.25, 0.3) is 5.91 Å². The van der Waals surface area contributed by atoms with Crippen LogP contribution in [-0.2, 0) is 16.4 Å². The van der Waals surface area contributed by atoms with Crippen LogP contribution in [0.25, 0.3) is 11.1 Å². The molecule has 1 unspecified atom stereocenters. The Hall–Kier alpha value is -2.29. The average molecular weight is 427 g/mol. The normalized spacial score (nSPS) is 22.4. The maximum atomic E-state index is 13.2. The molecule has 5 rings (SSSR count). The highest BCUT2D eigenvalue weighted by Gasteiger charge is 2.40. The Bertz CT molecular complexity index is 1120. The Morgan fingerprint density at radius 1 is 1.17 bits per heavy atom. The predicted octanol–water partition coefficient (Wildman–Crippen LogP) is 2.45. The molecular formula is C22H26N4O3S. The Balaban J connectivity index is 1.58. The standard InChI is InChI=1S/C22H26N4O3S/c1-13(14-3-4-14)26-12-17-9-16(11-20(30(2,28)29)21(17)22(26)27)15-5-7-23-19(10-15)18-6-8-24-25-18/h5,7,9-11,13-14,18,24-25H,3-4,6,8,12H2,1-2H3/t13-,18?/m0/s1. The number of nitrogens with one attached hydrogen (secondary N) is 2. The van der Waals surface area contributed by atoms with E-state index in [0.29, 0.717) is 18.0 Å². The van der Waals surface area contributed by atoms with Gasteiger partial charge in [-0.1, -0.05) is 0 Å². The fraction of sp³-hybridized carbons (Fsp3) is 0.455. The summed E-state index contributed by atoms with van der Waals surface area (Å²) in [5, 5.41) is 0. The largest absolute Gasteiger partial charge is 0.331 e. The van der Waals surface area contributed by atoms with Gasteiger partial charge >= 0.3 is 0 Å². The first-order valence-corrected chi connectivity index (χ1v) is 12.3. The molecule has 2 fully saturated rings. The van der Waals surface area contributed by atoms with E-state index in [-0.39, 0.29) is 22.9 Å². The van der Waals surface area contributed by atoms with E-state index in [4.69, 9.17) is 0 Å². The van der Waals surface area contributed by atoms with E-state index < -0.39 is 9.84 Å². The average Bonchev–Trinajstić information content (AvgIpc) is 3.32. The SMILES string of the molecule is C[C@@H](C1CC1)N1Cc2cc(-c3ccnc(C4CCNN4)c3)cc(S(C)(=O)=O)c2C1=O. The number of nitrogens with zero attached hydrogens (tertiary/aromatic N) is 2. The highest BCUT2D eigenvalue weighted by atomic mass is 32.2. The number of aromatic nitrogens is 1. The van der Waals surface area contributed by atoms with Crippen molar-refractivity contribution in [2.45, 2.75) is 49.7 Å². The summed E-state index contributed by atoms with van der Waals surface area (Å²) in [4.78, 5) is 19.6. The molecule has 3 aliphatic rings. The van der Waals surface area contributed by atoms with Crippen LogP contribution in [0.2, 0.25) is 0 Å². The van der Waals surface area contributed by atoms with E-state index in [1.165, 1.54) is 6.26 Å². The molecule has 1 aromatic heterocycles. The van der Waals surface area contributed by atoms with Gasteiger partial charge in [0.2, 0.25) is 0 Å². The molecule has 2 aliphatic heterocycles. The molecule has 3 heterocycles. The van der Waals surface area contributed by atoms with Crippen LogP contribution in [0.1, 0.15) is 53.8 Å². The number of pyridine rings is 1. The van der Waals surface area contributed by atoms with Gasteiger partial charge in [-0.25, -0.2) is 13.8 Å². The van der Waals surface area contributed by atoms with Crippen LogP contribution in [0.4, 0.5) is 0 Å². The highest BCUT2D eigenvalue weighted by molar-refractivity contribution is 7.90. The topological polar surface area (TPSA) is 91.4 Å². The van der Waals surface area contributed by atoms with Gasteiger partial charge < -0.3 is 4.90 Å². The van der Waals surface area contributed by atoms with Crippen molar-refractivity contribution in [1.29, 1.82) is 0 Å². The number of hydrogen-bond acceptors (Lipinski definition) is 6. The maximum Gasteiger partial charge on any atom is 0.256 e. The predicted molar refractivity (Wildman–Crippen MR) is 113 cm³/mol. The van der Waals surface area contributed by atoms with E-state index in [2.05, 4.69) is 22.8 Å². The highest BCUT2D eigenvalue weighted by Crippen LogP contribution is 2.40. The maximum absolute atomic E-state index is 13.2. The third kappa shape index (κ3) is 3.42. The summed E-state index contributed by atoms with van der Waals surface area (Å²) in [7, 11) is -3.56. The van der Waals surface area contributed by atoms with Crippen molar-refractivity contribution in [3.63, 3.8) is 0 Å². The van der Waals surface area contributed by atoms with Crippen molar-refractivity contribution in [3.05, 3.63) is 47.3 Å². The van der Waals surface area contributed by atoms with Gasteiger partial charge in [0, 0.05) is 31.6 Å². The number of benzene rings is 1. The lowest BCUT2D eigenvalue weighted by Crippen LogP contribution is -2.35. The molecule has 30 heavy (non-hydrogen) atoms. The minimum absolute atomic E-state index is 0.129. The van der Waals surface area contributed by atoms with Crippen molar-refractivity contribution >= 4 is 15.7 Å². The summed E-state index contributed by atoms with van der Waals surface area (Å²) in [6, 6.07) is 7.78. The lowest BCUT2D eigenvalue weighted by atomic mass is 9.99. The van der Waals surface area contributed by atoms with Gasteiger partial charge in [-0.05, 0) is 73.1 Å². The first kappa shape index (κ1) is 19.7. The minimum Gasteiger partial charge on any atom is -0.331 e. The first-order chi connectivity index (χ1) is 14.3. The summed E-state index contributed by atoms with van der Waals surface area (Å²) in [6.07, 6.45) is 6.14. The number of amides is 1. The smallest absolute Gasteiger partial charge is 0.256 e. The summed E-state index contributed by atoms with van der Waals surface area (Å²) in [6.45, 7) is 3.42. The molecule has 1 aromatic carbocycles. The van der Waals surface area contributed by atoms with Gasteiger partial charge in [0.15, 0.2) is 9.84 Å².